The Morgan fingerprint density at radius 1 is 1.34 bits per heavy atom. The molecule has 0 aliphatic carbocycles. The van der Waals surface area contributed by atoms with Crippen molar-refractivity contribution in [2.24, 2.45) is 0 Å². The average Bonchev–Trinajstić information content (AvgIpc) is 3.28. The Hall–Kier alpha value is -3.50. The molecule has 7 heteroatoms. The van der Waals surface area contributed by atoms with Gasteiger partial charge in [0.1, 0.15) is 24.2 Å². The summed E-state index contributed by atoms with van der Waals surface area (Å²) in [6.07, 6.45) is 9.52. The van der Waals surface area contributed by atoms with Gasteiger partial charge in [0.25, 0.3) is 0 Å². The fourth-order valence-electron chi connectivity index (χ4n) is 2.79. The van der Waals surface area contributed by atoms with Gasteiger partial charge >= 0.3 is 0 Å². The van der Waals surface area contributed by atoms with Gasteiger partial charge in [-0.2, -0.15) is 0 Å². The normalized spacial score (nSPS) is 16.4. The number of furan rings is 1. The second-order valence-electron chi connectivity index (χ2n) is 6.38. The van der Waals surface area contributed by atoms with Crippen molar-refractivity contribution in [3.8, 4) is 18.1 Å². The molecule has 1 aromatic carbocycles. The first-order valence-electron chi connectivity index (χ1n) is 9.22. The van der Waals surface area contributed by atoms with E-state index in [1.165, 1.54) is 18.4 Å². The predicted octanol–water partition coefficient (Wildman–Crippen LogP) is 1.70. The van der Waals surface area contributed by atoms with Gasteiger partial charge < -0.3 is 24.1 Å². The molecule has 2 amide bonds. The van der Waals surface area contributed by atoms with Crippen molar-refractivity contribution >= 4 is 17.9 Å². The van der Waals surface area contributed by atoms with Crippen molar-refractivity contribution in [1.82, 2.24) is 10.2 Å². The zero-order chi connectivity index (χ0) is 20.5. The van der Waals surface area contributed by atoms with Crippen LogP contribution in [0.25, 0.3) is 6.08 Å². The Labute approximate surface area is 169 Å². The molecule has 0 saturated carbocycles. The van der Waals surface area contributed by atoms with Crippen molar-refractivity contribution in [3.63, 3.8) is 0 Å². The number of morpholine rings is 1. The van der Waals surface area contributed by atoms with Crippen LogP contribution in [0.5, 0.6) is 5.75 Å². The third kappa shape index (κ3) is 6.26. The molecular weight excluding hydrogens is 372 g/mol. The van der Waals surface area contributed by atoms with E-state index in [1.807, 2.05) is 18.2 Å². The summed E-state index contributed by atoms with van der Waals surface area (Å²) in [5, 5.41) is 2.58. The molecule has 1 atom stereocenters. The molecule has 1 saturated heterocycles. The fraction of sp³-hybridized carbons (Fsp3) is 0.273. The highest BCUT2D eigenvalue weighted by Gasteiger charge is 2.24. The molecule has 1 N–H and O–H groups in total. The highest BCUT2D eigenvalue weighted by Crippen LogP contribution is 2.14. The molecule has 7 nitrogen and oxygen atoms in total. The number of benzene rings is 1. The third-order valence-electron chi connectivity index (χ3n) is 4.28. The number of hydrogen-bond donors (Lipinski definition) is 1. The molecule has 150 valence electrons. The average molecular weight is 394 g/mol. The summed E-state index contributed by atoms with van der Waals surface area (Å²) in [7, 11) is 0. The number of ether oxygens (including phenoxy) is 2. The Balaban J connectivity index is 1.42. The van der Waals surface area contributed by atoms with Crippen LogP contribution in [-0.4, -0.2) is 55.7 Å². The largest absolute Gasteiger partial charge is 0.491 e. The molecule has 3 rings (SSSR count). The number of hydrogen-bond acceptors (Lipinski definition) is 5. The van der Waals surface area contributed by atoms with Crippen molar-refractivity contribution < 1.29 is 23.5 Å². The van der Waals surface area contributed by atoms with Gasteiger partial charge in [-0.15, -0.1) is 6.42 Å². The van der Waals surface area contributed by atoms with E-state index in [2.05, 4.69) is 11.2 Å². The van der Waals surface area contributed by atoms with Gasteiger partial charge in [0.2, 0.25) is 11.8 Å². The minimum atomic E-state index is -0.365. The van der Waals surface area contributed by atoms with Gasteiger partial charge in [-0.1, -0.05) is 12.0 Å². The van der Waals surface area contributed by atoms with Crippen LogP contribution in [0.3, 0.4) is 0 Å². The second kappa shape index (κ2) is 10.2. The van der Waals surface area contributed by atoms with Crippen LogP contribution in [-0.2, 0) is 14.3 Å². The van der Waals surface area contributed by atoms with Crippen molar-refractivity contribution in [2.45, 2.75) is 6.10 Å². The molecule has 0 radical (unpaired) electrons. The minimum Gasteiger partial charge on any atom is -0.491 e. The molecule has 0 bridgehead atoms. The van der Waals surface area contributed by atoms with Gasteiger partial charge in [-0.05, 0) is 36.4 Å². The number of amides is 2. The SMILES string of the molecule is C#Cc1cccc(OCC2CN(C(=O)CNC(=O)C=Cc3ccco3)CCO2)c1. The quantitative estimate of drug-likeness (QED) is 0.571. The lowest BCUT2D eigenvalue weighted by Crippen LogP contribution is -2.50. The molecular formula is C22H22N2O5. The highest BCUT2D eigenvalue weighted by molar-refractivity contribution is 5.94. The lowest BCUT2D eigenvalue weighted by atomic mass is 10.2. The Kier molecular flexibility index (Phi) is 7.09. The monoisotopic (exact) mass is 394 g/mol. The maximum absolute atomic E-state index is 12.4. The summed E-state index contributed by atoms with van der Waals surface area (Å²) in [6.45, 7) is 1.50. The lowest BCUT2D eigenvalue weighted by Gasteiger charge is -2.32. The summed E-state index contributed by atoms with van der Waals surface area (Å²) in [5.74, 6) is 3.24. The summed E-state index contributed by atoms with van der Waals surface area (Å²) >= 11 is 0. The Morgan fingerprint density at radius 2 is 2.24 bits per heavy atom. The summed E-state index contributed by atoms with van der Waals surface area (Å²) < 4.78 is 16.5. The smallest absolute Gasteiger partial charge is 0.244 e. The highest BCUT2D eigenvalue weighted by atomic mass is 16.5. The van der Waals surface area contributed by atoms with Crippen LogP contribution in [0, 0.1) is 12.3 Å². The Bertz CT molecular complexity index is 898. The molecule has 2 aromatic rings. The zero-order valence-corrected chi connectivity index (χ0v) is 15.9. The van der Waals surface area contributed by atoms with Gasteiger partial charge in [-0.3, -0.25) is 9.59 Å². The molecule has 0 spiro atoms. The fourth-order valence-corrected chi connectivity index (χ4v) is 2.79. The topological polar surface area (TPSA) is 81.0 Å². The van der Waals surface area contributed by atoms with Gasteiger partial charge in [0, 0.05) is 18.2 Å². The van der Waals surface area contributed by atoms with Crippen LogP contribution < -0.4 is 10.1 Å². The number of nitrogens with zero attached hydrogens (tertiary/aromatic N) is 1. The van der Waals surface area contributed by atoms with Gasteiger partial charge in [0.15, 0.2) is 0 Å². The van der Waals surface area contributed by atoms with E-state index in [0.29, 0.717) is 37.8 Å². The van der Waals surface area contributed by atoms with Crippen LogP contribution in [0.15, 0.2) is 53.2 Å². The molecule has 2 heterocycles. The number of terminal acetylenes is 1. The van der Waals surface area contributed by atoms with Crippen LogP contribution in [0.4, 0.5) is 0 Å². The van der Waals surface area contributed by atoms with Crippen molar-refractivity contribution in [3.05, 3.63) is 60.1 Å². The number of carbonyl (C=O) groups excluding carboxylic acids is 2. The van der Waals surface area contributed by atoms with E-state index < -0.39 is 0 Å². The first-order valence-corrected chi connectivity index (χ1v) is 9.22. The molecule has 1 fully saturated rings. The number of carbonyl (C=O) groups is 2. The summed E-state index contributed by atoms with van der Waals surface area (Å²) in [5.41, 5.74) is 0.737. The molecule has 1 unspecified atom stereocenters. The van der Waals surface area contributed by atoms with Gasteiger partial charge in [0.05, 0.1) is 26.0 Å². The molecule has 1 aromatic heterocycles. The number of rotatable bonds is 7. The first kappa shape index (κ1) is 20.2. The molecule has 29 heavy (non-hydrogen) atoms. The standard InChI is InChI=1S/C22H22N2O5/c1-2-17-5-3-6-19(13-17)29-16-20-15-24(10-12-28-20)22(26)14-23-21(25)9-8-18-7-4-11-27-18/h1,3-9,11,13,20H,10,12,14-16H2,(H,23,25). The van der Waals surface area contributed by atoms with Gasteiger partial charge in [-0.25, -0.2) is 0 Å². The minimum absolute atomic E-state index is 0.0842. The third-order valence-corrected chi connectivity index (χ3v) is 4.28. The van der Waals surface area contributed by atoms with Crippen molar-refractivity contribution in [1.29, 1.82) is 0 Å². The van der Waals surface area contributed by atoms with E-state index in [1.54, 1.807) is 23.1 Å². The first-order chi connectivity index (χ1) is 14.1. The summed E-state index contributed by atoms with van der Waals surface area (Å²) in [6, 6.07) is 10.7. The van der Waals surface area contributed by atoms with E-state index in [4.69, 9.17) is 20.3 Å². The van der Waals surface area contributed by atoms with E-state index >= 15 is 0 Å². The van der Waals surface area contributed by atoms with Crippen LogP contribution in [0.1, 0.15) is 11.3 Å². The molecule has 1 aliphatic rings. The van der Waals surface area contributed by atoms with Crippen LogP contribution >= 0.6 is 0 Å². The predicted molar refractivity (Wildman–Crippen MR) is 107 cm³/mol. The maximum atomic E-state index is 12.4. The lowest BCUT2D eigenvalue weighted by molar-refractivity contribution is -0.140. The maximum Gasteiger partial charge on any atom is 0.244 e. The zero-order valence-electron chi connectivity index (χ0n) is 15.9. The van der Waals surface area contributed by atoms with Crippen molar-refractivity contribution in [2.75, 3.05) is 32.8 Å². The van der Waals surface area contributed by atoms with E-state index in [-0.39, 0.29) is 24.5 Å². The second-order valence-corrected chi connectivity index (χ2v) is 6.38. The molecule has 1 aliphatic heterocycles. The number of nitrogens with one attached hydrogen (secondary N) is 1. The van der Waals surface area contributed by atoms with Crippen LogP contribution in [0.2, 0.25) is 0 Å². The van der Waals surface area contributed by atoms with E-state index in [0.717, 1.165) is 5.56 Å². The Morgan fingerprint density at radius 3 is 3.03 bits per heavy atom. The summed E-state index contributed by atoms with van der Waals surface area (Å²) in [4.78, 5) is 25.9. The van der Waals surface area contributed by atoms with E-state index in [9.17, 15) is 9.59 Å².